The Morgan fingerprint density at radius 1 is 1.44 bits per heavy atom. The molecule has 0 spiro atoms. The molecule has 1 heterocycles. The van der Waals surface area contributed by atoms with Gasteiger partial charge in [-0.15, -0.1) is 0 Å². The van der Waals surface area contributed by atoms with Gasteiger partial charge < -0.3 is 9.73 Å². The molecular formula is C13H13ClN2O2. The third kappa shape index (κ3) is 2.90. The van der Waals surface area contributed by atoms with E-state index in [1.54, 1.807) is 13.0 Å². The lowest BCUT2D eigenvalue weighted by Crippen LogP contribution is -2.14. The topological polar surface area (TPSA) is 55.1 Å². The van der Waals surface area contributed by atoms with Crippen LogP contribution in [0.3, 0.4) is 0 Å². The molecule has 0 saturated heterocycles. The van der Waals surface area contributed by atoms with Crippen LogP contribution < -0.4 is 5.32 Å². The summed E-state index contributed by atoms with van der Waals surface area (Å²) in [5.41, 5.74) is 2.38. The quantitative estimate of drug-likeness (QED) is 0.927. The Morgan fingerprint density at radius 2 is 2.22 bits per heavy atom. The highest BCUT2D eigenvalue weighted by molar-refractivity contribution is 6.31. The molecule has 0 radical (unpaired) electrons. The Kier molecular flexibility index (Phi) is 3.67. The molecule has 2 rings (SSSR count). The van der Waals surface area contributed by atoms with Crippen LogP contribution in [0, 0.1) is 13.8 Å². The summed E-state index contributed by atoms with van der Waals surface area (Å²) in [5, 5.41) is 3.39. The van der Waals surface area contributed by atoms with Gasteiger partial charge in [-0.05, 0) is 31.5 Å². The summed E-state index contributed by atoms with van der Waals surface area (Å²) in [4.78, 5) is 15.7. The monoisotopic (exact) mass is 264 g/mol. The highest BCUT2D eigenvalue weighted by Crippen LogP contribution is 2.20. The molecule has 94 valence electrons. The van der Waals surface area contributed by atoms with Gasteiger partial charge in [-0.3, -0.25) is 4.79 Å². The van der Waals surface area contributed by atoms with Gasteiger partial charge in [0, 0.05) is 10.7 Å². The first kappa shape index (κ1) is 12.6. The van der Waals surface area contributed by atoms with Crippen LogP contribution in [0.4, 0.5) is 5.69 Å². The number of oxazole rings is 1. The van der Waals surface area contributed by atoms with Crippen molar-refractivity contribution in [1.29, 1.82) is 0 Å². The molecular weight excluding hydrogens is 252 g/mol. The molecule has 4 nitrogen and oxygen atoms in total. The lowest BCUT2D eigenvalue weighted by Gasteiger charge is -2.06. The molecule has 0 atom stereocenters. The SMILES string of the molecule is Cc1ccc(NC(=O)Cc2ocnc2C)cc1Cl. The number of nitrogens with zero attached hydrogens (tertiary/aromatic N) is 1. The molecule has 5 heteroatoms. The van der Waals surface area contributed by atoms with E-state index in [0.717, 1.165) is 11.3 Å². The van der Waals surface area contributed by atoms with Gasteiger partial charge in [0.15, 0.2) is 6.39 Å². The van der Waals surface area contributed by atoms with Crippen molar-refractivity contribution in [3.63, 3.8) is 0 Å². The molecule has 2 aromatic rings. The zero-order valence-electron chi connectivity index (χ0n) is 10.2. The van der Waals surface area contributed by atoms with Crippen LogP contribution in [0.15, 0.2) is 29.0 Å². The van der Waals surface area contributed by atoms with Crippen LogP contribution in [0.25, 0.3) is 0 Å². The van der Waals surface area contributed by atoms with Crippen molar-refractivity contribution in [3.8, 4) is 0 Å². The average Bonchev–Trinajstić information content (AvgIpc) is 2.70. The lowest BCUT2D eigenvalue weighted by atomic mass is 10.2. The lowest BCUT2D eigenvalue weighted by molar-refractivity contribution is -0.115. The molecule has 0 aliphatic rings. The highest BCUT2D eigenvalue weighted by atomic mass is 35.5. The maximum atomic E-state index is 11.8. The fourth-order valence-electron chi connectivity index (χ4n) is 1.52. The Bertz CT molecular complexity index is 578. The smallest absolute Gasteiger partial charge is 0.232 e. The molecule has 0 aliphatic carbocycles. The first-order chi connectivity index (χ1) is 8.56. The van der Waals surface area contributed by atoms with E-state index in [-0.39, 0.29) is 12.3 Å². The van der Waals surface area contributed by atoms with E-state index in [1.165, 1.54) is 6.39 Å². The van der Waals surface area contributed by atoms with E-state index >= 15 is 0 Å². The number of anilines is 1. The molecule has 0 aliphatic heterocycles. The number of hydrogen-bond donors (Lipinski definition) is 1. The molecule has 1 amide bonds. The molecule has 1 N–H and O–H groups in total. The fraction of sp³-hybridized carbons (Fsp3) is 0.231. The molecule has 0 fully saturated rings. The van der Waals surface area contributed by atoms with Crippen LogP contribution >= 0.6 is 11.6 Å². The number of halogens is 1. The summed E-state index contributed by atoms with van der Waals surface area (Å²) in [7, 11) is 0. The van der Waals surface area contributed by atoms with E-state index in [0.29, 0.717) is 16.5 Å². The third-order valence-electron chi connectivity index (χ3n) is 2.62. The Morgan fingerprint density at radius 3 is 2.83 bits per heavy atom. The Balaban J connectivity index is 2.03. The van der Waals surface area contributed by atoms with E-state index in [4.69, 9.17) is 16.0 Å². The van der Waals surface area contributed by atoms with Crippen LogP contribution in [0.1, 0.15) is 17.0 Å². The van der Waals surface area contributed by atoms with Crippen LogP contribution in [0.2, 0.25) is 5.02 Å². The number of aryl methyl sites for hydroxylation is 2. The van der Waals surface area contributed by atoms with Crippen LogP contribution in [0.5, 0.6) is 0 Å². The molecule has 0 unspecified atom stereocenters. The minimum Gasteiger partial charge on any atom is -0.448 e. The molecule has 1 aromatic heterocycles. The predicted molar refractivity (Wildman–Crippen MR) is 69.8 cm³/mol. The Labute approximate surface area is 110 Å². The third-order valence-corrected chi connectivity index (χ3v) is 3.03. The second-order valence-corrected chi connectivity index (χ2v) is 4.46. The van der Waals surface area contributed by atoms with Gasteiger partial charge in [0.2, 0.25) is 5.91 Å². The van der Waals surface area contributed by atoms with Crippen LogP contribution in [-0.2, 0) is 11.2 Å². The average molecular weight is 265 g/mol. The first-order valence-electron chi connectivity index (χ1n) is 5.51. The number of carbonyl (C=O) groups is 1. The van der Waals surface area contributed by atoms with Crippen molar-refractivity contribution in [2.75, 3.05) is 5.32 Å². The number of rotatable bonds is 3. The summed E-state index contributed by atoms with van der Waals surface area (Å²) in [6, 6.07) is 5.39. The molecule has 0 saturated carbocycles. The first-order valence-corrected chi connectivity index (χ1v) is 5.89. The summed E-state index contributed by atoms with van der Waals surface area (Å²) < 4.78 is 5.12. The van der Waals surface area contributed by atoms with Gasteiger partial charge in [0.05, 0.1) is 12.1 Å². The summed E-state index contributed by atoms with van der Waals surface area (Å²) in [6.07, 6.45) is 1.50. The van der Waals surface area contributed by atoms with E-state index in [9.17, 15) is 4.79 Å². The largest absolute Gasteiger partial charge is 0.448 e. The zero-order chi connectivity index (χ0) is 13.1. The van der Waals surface area contributed by atoms with Crippen molar-refractivity contribution in [3.05, 3.63) is 46.6 Å². The van der Waals surface area contributed by atoms with E-state index in [1.807, 2.05) is 19.1 Å². The summed E-state index contributed by atoms with van der Waals surface area (Å²) in [5.74, 6) is 0.417. The number of nitrogens with one attached hydrogen (secondary N) is 1. The van der Waals surface area contributed by atoms with Crippen molar-refractivity contribution in [2.24, 2.45) is 0 Å². The van der Waals surface area contributed by atoms with Crippen molar-refractivity contribution >= 4 is 23.2 Å². The van der Waals surface area contributed by atoms with E-state index in [2.05, 4.69) is 10.3 Å². The van der Waals surface area contributed by atoms with Gasteiger partial charge in [-0.25, -0.2) is 4.98 Å². The fourth-order valence-corrected chi connectivity index (χ4v) is 1.70. The minimum atomic E-state index is -0.158. The van der Waals surface area contributed by atoms with E-state index < -0.39 is 0 Å². The van der Waals surface area contributed by atoms with Gasteiger partial charge >= 0.3 is 0 Å². The number of aromatic nitrogens is 1. The number of carbonyl (C=O) groups excluding carboxylic acids is 1. The molecule has 0 bridgehead atoms. The summed E-state index contributed by atoms with van der Waals surface area (Å²) >= 11 is 5.99. The minimum absolute atomic E-state index is 0.158. The standard InChI is InChI=1S/C13H13ClN2O2/c1-8-3-4-10(5-11(8)14)16-13(17)6-12-9(2)15-7-18-12/h3-5,7H,6H2,1-2H3,(H,16,17). The normalized spacial score (nSPS) is 10.4. The number of hydrogen-bond acceptors (Lipinski definition) is 3. The highest BCUT2D eigenvalue weighted by Gasteiger charge is 2.10. The number of benzene rings is 1. The second-order valence-electron chi connectivity index (χ2n) is 4.05. The van der Waals surface area contributed by atoms with Crippen molar-refractivity contribution in [2.45, 2.75) is 20.3 Å². The van der Waals surface area contributed by atoms with Gasteiger partial charge in [-0.2, -0.15) is 0 Å². The zero-order valence-corrected chi connectivity index (χ0v) is 10.9. The Hall–Kier alpha value is -1.81. The predicted octanol–water partition coefficient (Wildman–Crippen LogP) is 3.13. The maximum absolute atomic E-state index is 11.8. The second kappa shape index (κ2) is 5.23. The molecule has 18 heavy (non-hydrogen) atoms. The molecule has 1 aromatic carbocycles. The van der Waals surface area contributed by atoms with Crippen LogP contribution in [-0.4, -0.2) is 10.9 Å². The van der Waals surface area contributed by atoms with Crippen molar-refractivity contribution in [1.82, 2.24) is 4.98 Å². The van der Waals surface area contributed by atoms with Gasteiger partial charge in [0.25, 0.3) is 0 Å². The van der Waals surface area contributed by atoms with Gasteiger partial charge in [-0.1, -0.05) is 17.7 Å². The maximum Gasteiger partial charge on any atom is 0.232 e. The number of amides is 1. The van der Waals surface area contributed by atoms with Crippen molar-refractivity contribution < 1.29 is 9.21 Å². The summed E-state index contributed by atoms with van der Waals surface area (Å²) in [6.45, 7) is 3.71. The van der Waals surface area contributed by atoms with Gasteiger partial charge in [0.1, 0.15) is 5.76 Å².